The summed E-state index contributed by atoms with van der Waals surface area (Å²) in [6, 6.07) is 10.7. The molecule has 2 aromatic heterocycles. The second kappa shape index (κ2) is 7.62. The summed E-state index contributed by atoms with van der Waals surface area (Å²) >= 11 is 0. The van der Waals surface area contributed by atoms with Gasteiger partial charge in [0.15, 0.2) is 0 Å². The fraction of sp³-hybridized carbons (Fsp3) is 0.269. The van der Waals surface area contributed by atoms with Gasteiger partial charge in [-0.05, 0) is 42.8 Å². The van der Waals surface area contributed by atoms with E-state index >= 15 is 0 Å². The Hall–Kier alpha value is -3.80. The van der Waals surface area contributed by atoms with E-state index in [-0.39, 0.29) is 18.6 Å². The summed E-state index contributed by atoms with van der Waals surface area (Å²) in [7, 11) is 0. The summed E-state index contributed by atoms with van der Waals surface area (Å²) in [6.45, 7) is 3.76. The molecular weight excluding hydrogens is 435 g/mol. The lowest BCUT2D eigenvalue weighted by molar-refractivity contribution is -0.0648. The monoisotopic (exact) mass is 456 g/mol. The fourth-order valence-electron chi connectivity index (χ4n) is 4.45. The van der Waals surface area contributed by atoms with Crippen LogP contribution in [0.5, 0.6) is 11.6 Å². The average Bonchev–Trinajstić information content (AvgIpc) is 2.82. The number of aliphatic imine (C=N–C) groups is 1. The van der Waals surface area contributed by atoms with Gasteiger partial charge in [-0.25, -0.2) is 9.97 Å². The van der Waals surface area contributed by atoms with Gasteiger partial charge < -0.3 is 19.9 Å². The molecule has 0 bridgehead atoms. The largest absolute Gasteiger partial charge is 0.438 e. The predicted molar refractivity (Wildman–Crippen MR) is 123 cm³/mol. The Labute approximate surface area is 195 Å². The third kappa shape index (κ3) is 3.33. The van der Waals surface area contributed by atoms with Crippen LogP contribution in [0.25, 0.3) is 11.1 Å². The predicted octanol–water partition coefficient (Wildman–Crippen LogP) is 3.41. The van der Waals surface area contributed by atoms with Crippen molar-refractivity contribution in [1.29, 1.82) is 0 Å². The second-order valence-corrected chi connectivity index (χ2v) is 8.99. The molecule has 0 aliphatic carbocycles. The highest BCUT2D eigenvalue weighted by Gasteiger charge is 2.45. The number of pyridine rings is 2. The topological polar surface area (TPSA) is 91.9 Å². The third-order valence-electron chi connectivity index (χ3n) is 6.24. The summed E-state index contributed by atoms with van der Waals surface area (Å²) in [6.07, 6.45) is 3.10. The zero-order valence-corrected chi connectivity index (χ0v) is 18.5. The first kappa shape index (κ1) is 20.8. The van der Waals surface area contributed by atoms with Gasteiger partial charge in [-0.3, -0.25) is 4.99 Å². The van der Waals surface area contributed by atoms with Crippen LogP contribution in [0.15, 0.2) is 53.8 Å². The highest BCUT2D eigenvalue weighted by atomic mass is 19.1. The number of hydrogen-bond donors (Lipinski definition) is 1. The number of halogens is 1. The van der Waals surface area contributed by atoms with Crippen LogP contribution in [-0.2, 0) is 15.0 Å². The van der Waals surface area contributed by atoms with Crippen LogP contribution in [0.4, 0.5) is 4.39 Å². The number of hydrogen-bond acceptors (Lipinski definition) is 7. The molecule has 0 saturated carbocycles. The number of benzene rings is 1. The number of amidine groups is 1. The van der Waals surface area contributed by atoms with Crippen molar-refractivity contribution >= 4 is 5.84 Å². The first-order chi connectivity index (χ1) is 16.5. The smallest absolute Gasteiger partial charge is 0.225 e. The molecule has 2 N–H and O–H groups in total. The van der Waals surface area contributed by atoms with Crippen LogP contribution in [0.1, 0.15) is 23.6 Å². The summed E-state index contributed by atoms with van der Waals surface area (Å²) in [4.78, 5) is 13.2. The van der Waals surface area contributed by atoms with Gasteiger partial charge in [0.1, 0.15) is 23.7 Å². The summed E-state index contributed by atoms with van der Waals surface area (Å²) in [5, 5.41) is 0. The summed E-state index contributed by atoms with van der Waals surface area (Å²) in [5.74, 6) is 7.28. The molecule has 3 aliphatic heterocycles. The van der Waals surface area contributed by atoms with E-state index in [2.05, 4.69) is 28.7 Å². The van der Waals surface area contributed by atoms with Crippen molar-refractivity contribution in [2.24, 2.45) is 16.1 Å². The lowest BCUT2D eigenvalue weighted by Crippen LogP contribution is -2.42. The number of ether oxygens (including phenoxy) is 3. The number of aromatic nitrogens is 2. The van der Waals surface area contributed by atoms with Gasteiger partial charge in [0.2, 0.25) is 11.8 Å². The van der Waals surface area contributed by atoms with Gasteiger partial charge in [-0.1, -0.05) is 17.9 Å². The maximum Gasteiger partial charge on any atom is 0.225 e. The maximum absolute atomic E-state index is 14.5. The molecule has 170 valence electrons. The molecule has 3 aromatic rings. The molecule has 1 unspecified atom stereocenters. The minimum atomic E-state index is -0.992. The Bertz CT molecular complexity index is 1410. The van der Waals surface area contributed by atoms with Gasteiger partial charge >= 0.3 is 0 Å². The fourth-order valence-corrected chi connectivity index (χ4v) is 4.45. The van der Waals surface area contributed by atoms with Crippen LogP contribution in [0.2, 0.25) is 0 Å². The van der Waals surface area contributed by atoms with E-state index in [1.165, 1.54) is 6.20 Å². The Morgan fingerprint density at radius 2 is 1.94 bits per heavy atom. The average molecular weight is 456 g/mol. The first-order valence-corrected chi connectivity index (χ1v) is 10.9. The molecule has 1 spiro atoms. The van der Waals surface area contributed by atoms with Crippen LogP contribution in [0, 0.1) is 23.2 Å². The molecule has 1 aromatic carbocycles. The van der Waals surface area contributed by atoms with Crippen molar-refractivity contribution < 1.29 is 18.6 Å². The molecule has 1 saturated heterocycles. The second-order valence-electron chi connectivity index (χ2n) is 8.99. The highest BCUT2D eigenvalue weighted by Crippen LogP contribution is 2.50. The third-order valence-corrected chi connectivity index (χ3v) is 6.24. The molecule has 0 radical (unpaired) electrons. The van der Waals surface area contributed by atoms with E-state index in [1.807, 2.05) is 12.1 Å². The first-order valence-electron chi connectivity index (χ1n) is 10.9. The number of rotatable bonds is 1. The van der Waals surface area contributed by atoms with E-state index in [4.69, 9.17) is 24.9 Å². The van der Waals surface area contributed by atoms with Crippen molar-refractivity contribution in [3.8, 4) is 34.6 Å². The normalized spacial score (nSPS) is 21.8. The lowest BCUT2D eigenvalue weighted by atomic mass is 9.80. The lowest BCUT2D eigenvalue weighted by Gasteiger charge is -2.39. The maximum atomic E-state index is 14.5. The van der Waals surface area contributed by atoms with Crippen LogP contribution in [0.3, 0.4) is 0 Å². The molecule has 1 fully saturated rings. The number of nitrogens with zero attached hydrogens (tertiary/aromatic N) is 3. The van der Waals surface area contributed by atoms with Crippen molar-refractivity contribution in [3.63, 3.8) is 0 Å². The highest BCUT2D eigenvalue weighted by molar-refractivity contribution is 5.84. The van der Waals surface area contributed by atoms with Gasteiger partial charge in [0.25, 0.3) is 0 Å². The summed E-state index contributed by atoms with van der Waals surface area (Å²) in [5.41, 5.74) is 8.19. The van der Waals surface area contributed by atoms with Gasteiger partial charge in [-0.15, -0.1) is 0 Å². The Morgan fingerprint density at radius 1 is 1.06 bits per heavy atom. The zero-order valence-electron chi connectivity index (χ0n) is 18.5. The van der Waals surface area contributed by atoms with E-state index < -0.39 is 11.5 Å². The van der Waals surface area contributed by atoms with Crippen molar-refractivity contribution in [2.75, 3.05) is 26.4 Å². The van der Waals surface area contributed by atoms with Gasteiger partial charge in [-0.2, -0.15) is 4.39 Å². The molecule has 0 amide bonds. The molecule has 34 heavy (non-hydrogen) atoms. The number of nitrogens with two attached hydrogens (primary N) is 1. The van der Waals surface area contributed by atoms with Crippen molar-refractivity contribution in [2.45, 2.75) is 12.5 Å². The number of fused-ring (bicyclic) bond motifs is 4. The Morgan fingerprint density at radius 3 is 2.71 bits per heavy atom. The van der Waals surface area contributed by atoms with Crippen molar-refractivity contribution in [1.82, 2.24) is 9.97 Å². The molecule has 6 rings (SSSR count). The minimum absolute atomic E-state index is 0.157. The standard InChI is InChI=1S/C26H21FN4O3/c1-25(13-33-14-25)7-6-16-9-20-24(30-11-16)34-21-5-4-17(18-3-2-8-29-23(18)27)10-19(21)26(20)15-32-12-22(28)31-26/h2-5,8-11H,12-15H2,1H3,(H2,28,31). The molecule has 5 heterocycles. The molecule has 7 nitrogen and oxygen atoms in total. The molecule has 3 aliphatic rings. The van der Waals surface area contributed by atoms with E-state index in [1.54, 1.807) is 30.5 Å². The minimum Gasteiger partial charge on any atom is -0.438 e. The van der Waals surface area contributed by atoms with E-state index in [0.717, 1.165) is 11.1 Å². The Kier molecular flexibility index (Phi) is 4.66. The van der Waals surface area contributed by atoms with Crippen LogP contribution >= 0.6 is 0 Å². The molecule has 8 heteroatoms. The van der Waals surface area contributed by atoms with Gasteiger partial charge in [0.05, 0.1) is 30.8 Å². The van der Waals surface area contributed by atoms with Gasteiger partial charge in [0, 0.05) is 29.1 Å². The zero-order chi connectivity index (χ0) is 23.3. The summed E-state index contributed by atoms with van der Waals surface area (Å²) < 4.78 is 31.8. The SMILES string of the molecule is CC1(C#Cc2cnc3c(c2)C2(COCC(N)=N2)c2cc(-c4cccnc4F)ccc2O3)COC1. The quantitative estimate of drug-likeness (QED) is 0.446. The van der Waals surface area contributed by atoms with Crippen LogP contribution < -0.4 is 10.5 Å². The van der Waals surface area contributed by atoms with E-state index in [9.17, 15) is 4.39 Å². The van der Waals surface area contributed by atoms with E-state index in [0.29, 0.717) is 47.4 Å². The molecular formula is C26H21FN4O3. The van der Waals surface area contributed by atoms with Crippen LogP contribution in [-0.4, -0.2) is 42.2 Å². The molecule has 1 atom stereocenters. The van der Waals surface area contributed by atoms with Crippen molar-refractivity contribution in [3.05, 3.63) is 71.4 Å². The Balaban J connectivity index is 1.52.